The Balaban J connectivity index is 1.90. The van der Waals surface area contributed by atoms with Gasteiger partial charge in [0, 0.05) is 19.3 Å². The molecule has 0 aliphatic carbocycles. The summed E-state index contributed by atoms with van der Waals surface area (Å²) >= 11 is 0. The highest BCUT2D eigenvalue weighted by Crippen LogP contribution is 2.16. The summed E-state index contributed by atoms with van der Waals surface area (Å²) in [5, 5.41) is 3.58. The molecule has 0 bridgehead atoms. The largest absolute Gasteiger partial charge is 0.381 e. The number of nitrogens with one attached hydrogen (secondary N) is 1. The van der Waals surface area contributed by atoms with Crippen molar-refractivity contribution in [3.8, 4) is 0 Å². The van der Waals surface area contributed by atoms with Crippen molar-refractivity contribution in [3.05, 3.63) is 0 Å². The van der Waals surface area contributed by atoms with Gasteiger partial charge in [0.2, 0.25) is 0 Å². The zero-order valence-electron chi connectivity index (χ0n) is 11.0. The molecule has 0 saturated carbocycles. The van der Waals surface area contributed by atoms with E-state index in [1.165, 1.54) is 12.8 Å². The van der Waals surface area contributed by atoms with E-state index in [0.29, 0.717) is 18.1 Å². The molecule has 3 heteroatoms. The molecule has 1 saturated heterocycles. The molecule has 2 atom stereocenters. The fraction of sp³-hybridized carbons (Fsp3) is 1.00. The molecule has 0 aromatic carbocycles. The van der Waals surface area contributed by atoms with Gasteiger partial charge in [-0.15, -0.1) is 0 Å². The number of hydrogen-bond donors (Lipinski definition) is 1. The molecular formula is C13H27NO2. The van der Waals surface area contributed by atoms with E-state index in [1.54, 1.807) is 0 Å². The predicted octanol–water partition coefficient (Wildman–Crippen LogP) is 2.21. The average Bonchev–Trinajstić information content (AvgIpc) is 2.75. The van der Waals surface area contributed by atoms with Crippen molar-refractivity contribution >= 4 is 0 Å². The molecule has 3 nitrogen and oxygen atoms in total. The van der Waals surface area contributed by atoms with Crippen LogP contribution in [-0.2, 0) is 9.47 Å². The van der Waals surface area contributed by atoms with Crippen molar-refractivity contribution in [2.24, 2.45) is 5.92 Å². The first-order valence-corrected chi connectivity index (χ1v) is 6.63. The standard InChI is InChI=1S/C13H27NO2/c1-11(2)16-8-5-4-7-14-12(3)13-6-9-15-10-13/h11-14H,4-10H2,1-3H3. The molecule has 1 rings (SSSR count). The first-order valence-electron chi connectivity index (χ1n) is 6.63. The lowest BCUT2D eigenvalue weighted by atomic mass is 10.0. The van der Waals surface area contributed by atoms with Crippen LogP contribution in [0.25, 0.3) is 0 Å². The molecule has 2 unspecified atom stereocenters. The Hall–Kier alpha value is -0.120. The Bertz CT molecular complexity index is 167. The van der Waals surface area contributed by atoms with Crippen LogP contribution in [0.15, 0.2) is 0 Å². The lowest BCUT2D eigenvalue weighted by Gasteiger charge is -2.19. The normalized spacial score (nSPS) is 22.9. The predicted molar refractivity (Wildman–Crippen MR) is 66.7 cm³/mol. The maximum Gasteiger partial charge on any atom is 0.0518 e. The molecule has 1 aliphatic heterocycles. The highest BCUT2D eigenvalue weighted by molar-refractivity contribution is 4.75. The second kappa shape index (κ2) is 8.04. The van der Waals surface area contributed by atoms with Crippen LogP contribution in [0.4, 0.5) is 0 Å². The van der Waals surface area contributed by atoms with E-state index in [0.717, 1.165) is 32.8 Å². The van der Waals surface area contributed by atoms with E-state index < -0.39 is 0 Å². The fourth-order valence-electron chi connectivity index (χ4n) is 1.99. The third-order valence-corrected chi connectivity index (χ3v) is 3.16. The highest BCUT2D eigenvalue weighted by Gasteiger charge is 2.21. The van der Waals surface area contributed by atoms with E-state index >= 15 is 0 Å². The maximum absolute atomic E-state index is 5.50. The van der Waals surface area contributed by atoms with Gasteiger partial charge in [0.15, 0.2) is 0 Å². The molecule has 1 heterocycles. The average molecular weight is 229 g/mol. The SMILES string of the molecule is CC(C)OCCCCNC(C)C1CCOC1. The molecule has 96 valence electrons. The zero-order chi connectivity index (χ0) is 11.8. The molecule has 0 aromatic heterocycles. The Morgan fingerprint density at radius 1 is 1.31 bits per heavy atom. The van der Waals surface area contributed by atoms with Crippen LogP contribution in [0, 0.1) is 5.92 Å². The van der Waals surface area contributed by atoms with E-state index in [9.17, 15) is 0 Å². The van der Waals surface area contributed by atoms with Gasteiger partial charge in [-0.25, -0.2) is 0 Å². The quantitative estimate of drug-likeness (QED) is 0.647. The summed E-state index contributed by atoms with van der Waals surface area (Å²) < 4.78 is 10.9. The lowest BCUT2D eigenvalue weighted by molar-refractivity contribution is 0.0758. The second-order valence-electron chi connectivity index (χ2n) is 4.99. The van der Waals surface area contributed by atoms with Crippen molar-refractivity contribution in [1.29, 1.82) is 0 Å². The van der Waals surface area contributed by atoms with Crippen molar-refractivity contribution < 1.29 is 9.47 Å². The van der Waals surface area contributed by atoms with Gasteiger partial charge in [-0.3, -0.25) is 0 Å². The van der Waals surface area contributed by atoms with Gasteiger partial charge >= 0.3 is 0 Å². The fourth-order valence-corrected chi connectivity index (χ4v) is 1.99. The molecule has 0 aromatic rings. The van der Waals surface area contributed by atoms with Gasteiger partial charge in [-0.2, -0.15) is 0 Å². The van der Waals surface area contributed by atoms with Gasteiger partial charge in [0.05, 0.1) is 12.7 Å². The summed E-state index contributed by atoms with van der Waals surface area (Å²) in [5.74, 6) is 0.715. The van der Waals surface area contributed by atoms with Crippen LogP contribution in [-0.4, -0.2) is 38.5 Å². The summed E-state index contributed by atoms with van der Waals surface area (Å²) in [5.41, 5.74) is 0. The van der Waals surface area contributed by atoms with Crippen LogP contribution in [0.3, 0.4) is 0 Å². The van der Waals surface area contributed by atoms with Crippen LogP contribution >= 0.6 is 0 Å². The van der Waals surface area contributed by atoms with Crippen LogP contribution in [0.5, 0.6) is 0 Å². The Morgan fingerprint density at radius 3 is 2.75 bits per heavy atom. The second-order valence-corrected chi connectivity index (χ2v) is 4.99. The Kier molecular flexibility index (Phi) is 7.01. The van der Waals surface area contributed by atoms with Crippen LogP contribution < -0.4 is 5.32 Å². The first-order chi connectivity index (χ1) is 7.70. The molecule has 16 heavy (non-hydrogen) atoms. The number of unbranched alkanes of at least 4 members (excludes halogenated alkanes) is 1. The van der Waals surface area contributed by atoms with Gasteiger partial charge < -0.3 is 14.8 Å². The minimum Gasteiger partial charge on any atom is -0.381 e. The molecular weight excluding hydrogens is 202 g/mol. The Labute approximate surface area is 99.9 Å². The summed E-state index contributed by atoms with van der Waals surface area (Å²) in [4.78, 5) is 0. The van der Waals surface area contributed by atoms with Crippen molar-refractivity contribution in [3.63, 3.8) is 0 Å². The third-order valence-electron chi connectivity index (χ3n) is 3.16. The number of ether oxygens (including phenoxy) is 2. The van der Waals surface area contributed by atoms with Crippen molar-refractivity contribution in [2.45, 2.75) is 52.2 Å². The van der Waals surface area contributed by atoms with Crippen molar-refractivity contribution in [1.82, 2.24) is 5.32 Å². The zero-order valence-corrected chi connectivity index (χ0v) is 11.0. The van der Waals surface area contributed by atoms with Gasteiger partial charge in [0.25, 0.3) is 0 Å². The van der Waals surface area contributed by atoms with E-state index in [1.807, 2.05) is 0 Å². The molecule has 1 N–H and O–H groups in total. The number of rotatable bonds is 8. The third kappa shape index (κ3) is 5.83. The van der Waals surface area contributed by atoms with Gasteiger partial charge in [-0.05, 0) is 52.5 Å². The smallest absolute Gasteiger partial charge is 0.0518 e. The van der Waals surface area contributed by atoms with Crippen molar-refractivity contribution in [2.75, 3.05) is 26.4 Å². The summed E-state index contributed by atoms with van der Waals surface area (Å²) in [6.45, 7) is 10.3. The van der Waals surface area contributed by atoms with Crippen LogP contribution in [0.2, 0.25) is 0 Å². The summed E-state index contributed by atoms with van der Waals surface area (Å²) in [7, 11) is 0. The summed E-state index contributed by atoms with van der Waals surface area (Å²) in [6, 6.07) is 0.591. The molecule has 1 aliphatic rings. The minimum atomic E-state index is 0.363. The maximum atomic E-state index is 5.50. The lowest BCUT2D eigenvalue weighted by Crippen LogP contribution is -2.34. The van der Waals surface area contributed by atoms with Gasteiger partial charge in [0.1, 0.15) is 0 Å². The summed E-state index contributed by atoms with van der Waals surface area (Å²) in [6.07, 6.45) is 3.93. The highest BCUT2D eigenvalue weighted by atomic mass is 16.5. The molecule has 0 radical (unpaired) electrons. The molecule has 0 amide bonds. The monoisotopic (exact) mass is 229 g/mol. The molecule has 1 fully saturated rings. The minimum absolute atomic E-state index is 0.363. The topological polar surface area (TPSA) is 30.5 Å². The van der Waals surface area contributed by atoms with Gasteiger partial charge in [-0.1, -0.05) is 0 Å². The first kappa shape index (κ1) is 13.9. The molecule has 0 spiro atoms. The van der Waals surface area contributed by atoms with E-state index in [-0.39, 0.29) is 0 Å². The van der Waals surface area contributed by atoms with E-state index in [2.05, 4.69) is 26.1 Å². The van der Waals surface area contributed by atoms with Crippen LogP contribution in [0.1, 0.15) is 40.0 Å². The number of hydrogen-bond acceptors (Lipinski definition) is 3. The Morgan fingerprint density at radius 2 is 2.12 bits per heavy atom. The van der Waals surface area contributed by atoms with E-state index in [4.69, 9.17) is 9.47 Å².